The third kappa shape index (κ3) is 1.52. The molecule has 1 unspecified atom stereocenters. The van der Waals surface area contributed by atoms with Crippen molar-refractivity contribution in [2.24, 2.45) is 0 Å². The van der Waals surface area contributed by atoms with Crippen molar-refractivity contribution < 1.29 is 0 Å². The molecule has 0 nitrogen and oxygen atoms in total. The number of aryl methyl sites for hydroxylation is 1. The quantitative estimate of drug-likeness (QED) is 0.445. The molecule has 0 saturated heterocycles. The molecule has 0 heterocycles. The summed E-state index contributed by atoms with van der Waals surface area (Å²) in [7, 11) is 0. The highest BCUT2D eigenvalue weighted by Crippen LogP contribution is 2.63. The average Bonchev–Trinajstić information content (AvgIpc) is 3.15. The van der Waals surface area contributed by atoms with Crippen LogP contribution < -0.4 is 0 Å². The van der Waals surface area contributed by atoms with Crippen LogP contribution in [0.1, 0.15) is 40.7 Å². The van der Waals surface area contributed by atoms with Crippen molar-refractivity contribution in [3.8, 4) is 11.1 Å². The van der Waals surface area contributed by atoms with Crippen molar-refractivity contribution in [2.75, 3.05) is 0 Å². The molecule has 3 aliphatic carbocycles. The Labute approximate surface area is 154 Å². The maximum absolute atomic E-state index is 2.42. The van der Waals surface area contributed by atoms with Gasteiger partial charge in [0.2, 0.25) is 0 Å². The van der Waals surface area contributed by atoms with Crippen LogP contribution in [0.5, 0.6) is 0 Å². The molecule has 0 amide bonds. The normalized spacial score (nSPS) is 21.6. The highest BCUT2D eigenvalue weighted by molar-refractivity contribution is 5.95. The molecule has 1 spiro atoms. The lowest BCUT2D eigenvalue weighted by molar-refractivity contribution is 0.779. The predicted molar refractivity (Wildman–Crippen MR) is 108 cm³/mol. The highest BCUT2D eigenvalue weighted by atomic mass is 14.5. The molecule has 0 radical (unpaired) electrons. The van der Waals surface area contributed by atoms with Gasteiger partial charge >= 0.3 is 0 Å². The standard InChI is InChI=1S/C26H20/c1-17-14-15-21-20-10-4-7-13-24(20)26(25(21)16-17)22-11-5-2-8-18(22)19-9-3-6-12-23(19)26/h2,4-8,10-16H,3,9H2,1H3. The van der Waals surface area contributed by atoms with E-state index in [1.165, 1.54) is 44.5 Å². The van der Waals surface area contributed by atoms with Gasteiger partial charge in [-0.3, -0.25) is 0 Å². The zero-order valence-corrected chi connectivity index (χ0v) is 14.9. The van der Waals surface area contributed by atoms with E-state index in [1.54, 1.807) is 5.57 Å². The van der Waals surface area contributed by atoms with Gasteiger partial charge in [-0.25, -0.2) is 0 Å². The summed E-state index contributed by atoms with van der Waals surface area (Å²) in [6.07, 6.45) is 7.06. The second-order valence-corrected chi connectivity index (χ2v) is 7.72. The van der Waals surface area contributed by atoms with E-state index in [9.17, 15) is 0 Å². The van der Waals surface area contributed by atoms with Crippen molar-refractivity contribution >= 4 is 5.57 Å². The van der Waals surface area contributed by atoms with Crippen molar-refractivity contribution in [2.45, 2.75) is 25.2 Å². The molecule has 0 bridgehead atoms. The summed E-state index contributed by atoms with van der Waals surface area (Å²) >= 11 is 0. The molecule has 0 heteroatoms. The second kappa shape index (κ2) is 4.86. The van der Waals surface area contributed by atoms with Gasteiger partial charge in [-0.15, -0.1) is 0 Å². The molecule has 124 valence electrons. The first-order valence-electron chi connectivity index (χ1n) is 9.53. The lowest BCUT2D eigenvalue weighted by atomic mass is 9.69. The first-order valence-corrected chi connectivity index (χ1v) is 9.53. The van der Waals surface area contributed by atoms with Gasteiger partial charge in [0.25, 0.3) is 0 Å². The average molecular weight is 332 g/mol. The largest absolute Gasteiger partial charge is 0.0839 e. The Kier molecular flexibility index (Phi) is 2.68. The maximum Gasteiger partial charge on any atom is 0.0722 e. The zero-order chi connectivity index (χ0) is 17.3. The van der Waals surface area contributed by atoms with E-state index >= 15 is 0 Å². The van der Waals surface area contributed by atoms with E-state index in [1.807, 2.05) is 0 Å². The summed E-state index contributed by atoms with van der Waals surface area (Å²) in [4.78, 5) is 0. The fraction of sp³-hybridized carbons (Fsp3) is 0.154. The molecular weight excluding hydrogens is 312 g/mol. The summed E-state index contributed by atoms with van der Waals surface area (Å²) in [6.45, 7) is 2.21. The SMILES string of the molecule is Cc1ccc2c(c1)C1(C3=C(CCC=C3)c3ccccc31)c1ccccc1-2. The first kappa shape index (κ1) is 14.3. The van der Waals surface area contributed by atoms with Gasteiger partial charge in [0.1, 0.15) is 0 Å². The number of rotatable bonds is 0. The molecule has 26 heavy (non-hydrogen) atoms. The first-order chi connectivity index (χ1) is 12.8. The molecule has 0 saturated carbocycles. The Balaban J connectivity index is 1.84. The Morgan fingerprint density at radius 3 is 2.27 bits per heavy atom. The third-order valence-electron chi connectivity index (χ3n) is 6.43. The Morgan fingerprint density at radius 1 is 0.731 bits per heavy atom. The lowest BCUT2D eigenvalue weighted by Crippen LogP contribution is -2.27. The van der Waals surface area contributed by atoms with E-state index in [0.717, 1.165) is 12.8 Å². The molecule has 1 atom stereocenters. The van der Waals surface area contributed by atoms with Crippen LogP contribution >= 0.6 is 0 Å². The second-order valence-electron chi connectivity index (χ2n) is 7.72. The smallest absolute Gasteiger partial charge is 0.0722 e. The monoisotopic (exact) mass is 332 g/mol. The van der Waals surface area contributed by atoms with E-state index in [-0.39, 0.29) is 5.41 Å². The van der Waals surface area contributed by atoms with Crippen LogP contribution in [-0.2, 0) is 5.41 Å². The van der Waals surface area contributed by atoms with Crippen LogP contribution in [0.25, 0.3) is 16.7 Å². The molecule has 3 aromatic rings. The van der Waals surface area contributed by atoms with Crippen LogP contribution in [0.4, 0.5) is 0 Å². The number of benzene rings is 3. The van der Waals surface area contributed by atoms with Gasteiger partial charge in [0.05, 0.1) is 5.41 Å². The molecule has 3 aromatic carbocycles. The van der Waals surface area contributed by atoms with Crippen LogP contribution in [0.3, 0.4) is 0 Å². The fourth-order valence-corrected chi connectivity index (χ4v) is 5.49. The highest BCUT2D eigenvalue weighted by Gasteiger charge is 2.52. The van der Waals surface area contributed by atoms with Gasteiger partial charge < -0.3 is 0 Å². The van der Waals surface area contributed by atoms with Crippen molar-refractivity contribution in [1.82, 2.24) is 0 Å². The van der Waals surface area contributed by atoms with Crippen molar-refractivity contribution in [3.63, 3.8) is 0 Å². The minimum absolute atomic E-state index is 0.138. The Bertz CT molecular complexity index is 1140. The molecule has 0 N–H and O–H groups in total. The van der Waals surface area contributed by atoms with E-state index in [2.05, 4.69) is 85.8 Å². The van der Waals surface area contributed by atoms with Crippen LogP contribution in [0.2, 0.25) is 0 Å². The predicted octanol–water partition coefficient (Wildman–Crippen LogP) is 6.43. The molecule has 0 fully saturated rings. The Hall–Kier alpha value is -2.86. The number of fused-ring (bicyclic) bond motifs is 9. The van der Waals surface area contributed by atoms with Gasteiger partial charge in [-0.05, 0) is 64.3 Å². The Morgan fingerprint density at radius 2 is 1.42 bits per heavy atom. The topological polar surface area (TPSA) is 0 Å². The van der Waals surface area contributed by atoms with Crippen LogP contribution in [-0.4, -0.2) is 0 Å². The van der Waals surface area contributed by atoms with Gasteiger partial charge in [-0.1, -0.05) is 84.4 Å². The van der Waals surface area contributed by atoms with Crippen molar-refractivity contribution in [3.05, 3.63) is 112 Å². The van der Waals surface area contributed by atoms with E-state index in [4.69, 9.17) is 0 Å². The molecule has 3 aliphatic rings. The van der Waals surface area contributed by atoms with Crippen molar-refractivity contribution in [1.29, 1.82) is 0 Å². The minimum Gasteiger partial charge on any atom is -0.0839 e. The third-order valence-corrected chi connectivity index (χ3v) is 6.43. The molecule has 0 aliphatic heterocycles. The van der Waals surface area contributed by atoms with Crippen LogP contribution in [0.15, 0.2) is 84.5 Å². The summed E-state index contributed by atoms with van der Waals surface area (Å²) in [6, 6.07) is 25.1. The summed E-state index contributed by atoms with van der Waals surface area (Å²) in [5.41, 5.74) is 12.9. The van der Waals surface area contributed by atoms with Crippen LogP contribution in [0, 0.1) is 6.92 Å². The number of hydrogen-bond acceptors (Lipinski definition) is 0. The van der Waals surface area contributed by atoms with E-state index < -0.39 is 0 Å². The van der Waals surface area contributed by atoms with Gasteiger partial charge in [0, 0.05) is 0 Å². The number of hydrogen-bond donors (Lipinski definition) is 0. The zero-order valence-electron chi connectivity index (χ0n) is 14.9. The number of allylic oxidation sites excluding steroid dienone is 4. The fourth-order valence-electron chi connectivity index (χ4n) is 5.49. The van der Waals surface area contributed by atoms with Gasteiger partial charge in [0.15, 0.2) is 0 Å². The summed E-state index contributed by atoms with van der Waals surface area (Å²) in [5, 5.41) is 0. The molecule has 6 rings (SSSR count). The minimum atomic E-state index is -0.138. The summed E-state index contributed by atoms with van der Waals surface area (Å²) < 4.78 is 0. The molecular formula is C26H20. The lowest BCUT2D eigenvalue weighted by Gasteiger charge is -2.32. The summed E-state index contributed by atoms with van der Waals surface area (Å²) in [5.74, 6) is 0. The maximum atomic E-state index is 2.42. The van der Waals surface area contributed by atoms with Gasteiger partial charge in [-0.2, -0.15) is 0 Å². The molecule has 0 aromatic heterocycles. The van der Waals surface area contributed by atoms with E-state index in [0.29, 0.717) is 0 Å².